The fourth-order valence-electron chi connectivity index (χ4n) is 5.69. The molecule has 0 spiro atoms. The number of carboxylic acid groups (broad SMARTS) is 1. The van der Waals surface area contributed by atoms with E-state index < -0.39 is 48.2 Å². The molecule has 13 nitrogen and oxygen atoms in total. The zero-order chi connectivity index (χ0) is 31.1. The summed E-state index contributed by atoms with van der Waals surface area (Å²) < 4.78 is 7.53. The Morgan fingerprint density at radius 3 is 2.52 bits per heavy atom. The molecule has 4 heterocycles. The van der Waals surface area contributed by atoms with Gasteiger partial charge in [-0.2, -0.15) is 0 Å². The molecule has 1 unspecified atom stereocenters. The third-order valence-corrected chi connectivity index (χ3v) is 8.04. The summed E-state index contributed by atoms with van der Waals surface area (Å²) in [6.07, 6.45) is 2.92. The van der Waals surface area contributed by atoms with Crippen molar-refractivity contribution in [3.8, 4) is 5.75 Å². The van der Waals surface area contributed by atoms with Gasteiger partial charge >= 0.3 is 5.97 Å². The number of nitrogens with zero attached hydrogens (tertiary/aromatic N) is 4. The number of aryl methyl sites for hydroxylation is 1. The van der Waals surface area contributed by atoms with Gasteiger partial charge in [0.15, 0.2) is 0 Å². The van der Waals surface area contributed by atoms with Crippen LogP contribution in [-0.2, 0) is 40.2 Å². The maximum atomic E-state index is 13.6. The number of fused-ring (bicyclic) bond motifs is 13. The number of aliphatic carboxylic acids is 1. The number of aliphatic hydroxyl groups excluding tert-OH is 1. The van der Waals surface area contributed by atoms with Crippen LogP contribution in [0.3, 0.4) is 0 Å². The number of rotatable bonds is 3. The lowest BCUT2D eigenvalue weighted by molar-refractivity contribution is -0.142. The molecule has 2 aromatic carbocycles. The van der Waals surface area contributed by atoms with Crippen LogP contribution in [0.4, 0.5) is 0 Å². The number of ether oxygens (including phenoxy) is 1. The molecule has 2 amide bonds. The minimum absolute atomic E-state index is 0.0441. The Labute approximate surface area is 255 Å². The van der Waals surface area contributed by atoms with Crippen LogP contribution in [0.5, 0.6) is 5.75 Å². The normalized spacial score (nSPS) is 25.8. The highest BCUT2D eigenvalue weighted by Gasteiger charge is 2.39. The first-order valence-electron chi connectivity index (χ1n) is 14.9. The van der Waals surface area contributed by atoms with E-state index >= 15 is 0 Å². The van der Waals surface area contributed by atoms with Crippen molar-refractivity contribution in [3.63, 3.8) is 0 Å². The van der Waals surface area contributed by atoms with Crippen molar-refractivity contribution >= 4 is 17.8 Å². The second-order valence-electron chi connectivity index (χ2n) is 11.4. The molecule has 234 valence electrons. The van der Waals surface area contributed by atoms with Gasteiger partial charge in [-0.3, -0.25) is 19.2 Å². The van der Waals surface area contributed by atoms with Crippen LogP contribution in [0.15, 0.2) is 60.8 Å². The largest absolute Gasteiger partial charge is 0.494 e. The van der Waals surface area contributed by atoms with Gasteiger partial charge in [-0.15, -0.1) is 5.10 Å². The van der Waals surface area contributed by atoms with Crippen molar-refractivity contribution < 1.29 is 29.3 Å². The van der Waals surface area contributed by atoms with E-state index in [9.17, 15) is 24.6 Å². The zero-order valence-corrected chi connectivity index (χ0v) is 24.4. The zero-order valence-electron chi connectivity index (χ0n) is 24.4. The number of amides is 2. The molecular weight excluding hydrogens is 566 g/mol. The molecule has 5 atom stereocenters. The number of nitrogens with two attached hydrogens (primary N) is 1. The molecule has 6 rings (SSSR count). The third-order valence-electron chi connectivity index (χ3n) is 8.04. The second kappa shape index (κ2) is 14.4. The SMILES string of the molecule is N[C@H]1Cc2cn(nn2)CCCOc2ccc(cc2)C[C@H](C(=O)O)NC(=O)[C@H](Cc2ccccc2)NC(=O)[C@@H]2CCCN2C1O. The number of carboxylic acids is 1. The van der Waals surface area contributed by atoms with E-state index in [2.05, 4.69) is 20.9 Å². The molecule has 3 aromatic rings. The van der Waals surface area contributed by atoms with Crippen molar-refractivity contribution in [1.29, 1.82) is 0 Å². The number of benzene rings is 2. The highest BCUT2D eigenvalue weighted by atomic mass is 16.5. The van der Waals surface area contributed by atoms with Gasteiger partial charge in [0.2, 0.25) is 11.8 Å². The van der Waals surface area contributed by atoms with Crippen molar-refractivity contribution in [2.75, 3.05) is 13.2 Å². The number of hydrogen-bond acceptors (Lipinski definition) is 9. The number of aliphatic hydroxyl groups is 1. The number of aromatic nitrogens is 3. The monoisotopic (exact) mass is 605 g/mol. The lowest BCUT2D eigenvalue weighted by atomic mass is 10.0. The lowest BCUT2D eigenvalue weighted by Crippen LogP contribution is -2.58. The summed E-state index contributed by atoms with van der Waals surface area (Å²) in [7, 11) is 0. The molecule has 4 bridgehead atoms. The minimum Gasteiger partial charge on any atom is -0.494 e. The molecule has 0 radical (unpaired) electrons. The molecule has 1 fully saturated rings. The van der Waals surface area contributed by atoms with Crippen LogP contribution >= 0.6 is 0 Å². The first-order valence-corrected chi connectivity index (χ1v) is 14.9. The van der Waals surface area contributed by atoms with Gasteiger partial charge in [0, 0.05) is 51.0 Å². The van der Waals surface area contributed by atoms with Crippen molar-refractivity contribution in [3.05, 3.63) is 77.6 Å². The maximum Gasteiger partial charge on any atom is 0.326 e. The summed E-state index contributed by atoms with van der Waals surface area (Å²) in [6, 6.07) is 12.5. The third kappa shape index (κ3) is 7.98. The van der Waals surface area contributed by atoms with Gasteiger partial charge in [0.25, 0.3) is 0 Å². The van der Waals surface area contributed by atoms with Gasteiger partial charge in [-0.25, -0.2) is 4.79 Å². The van der Waals surface area contributed by atoms with E-state index in [0.717, 1.165) is 5.56 Å². The van der Waals surface area contributed by atoms with E-state index in [0.29, 0.717) is 56.0 Å². The molecule has 0 aliphatic carbocycles. The number of hydrogen-bond donors (Lipinski definition) is 5. The first kappa shape index (κ1) is 31.1. The van der Waals surface area contributed by atoms with E-state index in [4.69, 9.17) is 10.5 Å². The molecule has 13 heteroatoms. The summed E-state index contributed by atoms with van der Waals surface area (Å²) in [5.41, 5.74) is 8.51. The van der Waals surface area contributed by atoms with Crippen molar-refractivity contribution in [1.82, 2.24) is 30.5 Å². The summed E-state index contributed by atoms with van der Waals surface area (Å²) in [5, 5.41) is 35.0. The maximum absolute atomic E-state index is 13.6. The van der Waals surface area contributed by atoms with Gasteiger partial charge in [-0.05, 0) is 36.1 Å². The highest BCUT2D eigenvalue weighted by molar-refractivity contribution is 5.92. The predicted octanol–water partition coefficient (Wildman–Crippen LogP) is 0.253. The lowest BCUT2D eigenvalue weighted by Gasteiger charge is -2.33. The molecule has 44 heavy (non-hydrogen) atoms. The number of carbonyl (C=O) groups excluding carboxylic acids is 2. The Bertz CT molecular complexity index is 1420. The van der Waals surface area contributed by atoms with E-state index in [-0.39, 0.29) is 19.3 Å². The average Bonchev–Trinajstić information content (AvgIpc) is 3.69. The molecule has 3 aliphatic rings. The van der Waals surface area contributed by atoms with Crippen LogP contribution in [-0.4, -0.2) is 91.4 Å². The van der Waals surface area contributed by atoms with Crippen molar-refractivity contribution in [2.24, 2.45) is 5.73 Å². The van der Waals surface area contributed by atoms with Crippen LogP contribution in [0.25, 0.3) is 0 Å². The molecule has 1 saturated heterocycles. The van der Waals surface area contributed by atoms with Crippen LogP contribution in [0, 0.1) is 0 Å². The smallest absolute Gasteiger partial charge is 0.326 e. The standard InChI is InChI=1S/C31H39N7O6/c32-24-18-22-19-37(36-35-22)13-5-15-44-23-11-9-21(10-12-23)17-26(31(42)43)34-28(39)25(16-20-6-2-1-3-7-20)33-29(40)27-8-4-14-38(27)30(24)41/h1-3,6-7,9-12,19,24-27,30,41H,4-5,8,13-18,32H2,(H,33,40)(H,34,39)(H,42,43)/t24-,25-,26+,27-,30?/m0/s1. The summed E-state index contributed by atoms with van der Waals surface area (Å²) in [5.74, 6) is -1.60. The molecule has 1 aromatic heterocycles. The van der Waals surface area contributed by atoms with Crippen LogP contribution < -0.4 is 21.1 Å². The summed E-state index contributed by atoms with van der Waals surface area (Å²) >= 11 is 0. The predicted molar refractivity (Wildman–Crippen MR) is 159 cm³/mol. The Balaban J connectivity index is 1.40. The summed E-state index contributed by atoms with van der Waals surface area (Å²) in [4.78, 5) is 41.1. The average molecular weight is 606 g/mol. The molecule has 3 aliphatic heterocycles. The molecular formula is C31H39N7O6. The number of carbonyl (C=O) groups is 3. The minimum atomic E-state index is -1.22. The number of nitrogens with one attached hydrogen (secondary N) is 2. The quantitative estimate of drug-likeness (QED) is 0.277. The fraction of sp³-hybridized carbons (Fsp3) is 0.452. The van der Waals surface area contributed by atoms with E-state index in [1.807, 2.05) is 30.3 Å². The van der Waals surface area contributed by atoms with E-state index in [1.54, 1.807) is 40.0 Å². The summed E-state index contributed by atoms with van der Waals surface area (Å²) in [6.45, 7) is 1.46. The molecule has 0 saturated carbocycles. The topological polar surface area (TPSA) is 185 Å². The first-order chi connectivity index (χ1) is 21.3. The fourth-order valence-corrected chi connectivity index (χ4v) is 5.69. The Morgan fingerprint density at radius 2 is 1.77 bits per heavy atom. The van der Waals surface area contributed by atoms with Crippen LogP contribution in [0.1, 0.15) is 36.1 Å². The van der Waals surface area contributed by atoms with Gasteiger partial charge < -0.3 is 31.3 Å². The Morgan fingerprint density at radius 1 is 1.00 bits per heavy atom. The van der Waals surface area contributed by atoms with Crippen molar-refractivity contribution in [2.45, 2.75) is 75.5 Å². The van der Waals surface area contributed by atoms with Gasteiger partial charge in [-0.1, -0.05) is 47.7 Å². The second-order valence-corrected chi connectivity index (χ2v) is 11.4. The molecule has 6 N–H and O–H groups in total. The van der Waals surface area contributed by atoms with Gasteiger partial charge in [0.05, 0.1) is 18.3 Å². The van der Waals surface area contributed by atoms with Gasteiger partial charge in [0.1, 0.15) is 24.1 Å². The Hall–Kier alpha value is -4.33. The Kier molecular flexibility index (Phi) is 10.2. The van der Waals surface area contributed by atoms with E-state index in [1.165, 1.54) is 0 Å². The highest BCUT2D eigenvalue weighted by Crippen LogP contribution is 2.22. The van der Waals surface area contributed by atoms with Crippen LogP contribution in [0.2, 0.25) is 0 Å².